The average molecular weight is 352 g/mol. The van der Waals surface area contributed by atoms with E-state index >= 15 is 0 Å². The number of benzene rings is 2. The first kappa shape index (κ1) is 15.3. The molecule has 1 heterocycles. The molecule has 0 aliphatic rings. The predicted molar refractivity (Wildman–Crippen MR) is 88.4 cm³/mol. The lowest BCUT2D eigenvalue weighted by molar-refractivity contribution is 0.596. The Labute approximate surface area is 138 Å². The van der Waals surface area contributed by atoms with Crippen molar-refractivity contribution in [3.8, 4) is 0 Å². The topological polar surface area (TPSA) is 47.0 Å². The molecule has 3 nitrogen and oxygen atoms in total. The zero-order valence-corrected chi connectivity index (χ0v) is 13.9. The van der Waals surface area contributed by atoms with E-state index in [-0.39, 0.29) is 14.8 Å². The molecule has 3 rings (SSSR count). The molecule has 0 saturated carbocycles. The highest BCUT2D eigenvalue weighted by Crippen LogP contribution is 2.33. The summed E-state index contributed by atoms with van der Waals surface area (Å²) in [5.74, 6) is 0. The van der Waals surface area contributed by atoms with Gasteiger partial charge in [-0.15, -0.1) is 0 Å². The number of sulfone groups is 1. The molecule has 0 saturated heterocycles. The molecule has 6 heteroatoms. The van der Waals surface area contributed by atoms with Gasteiger partial charge < -0.3 is 0 Å². The van der Waals surface area contributed by atoms with Crippen molar-refractivity contribution in [2.75, 3.05) is 0 Å². The predicted octanol–water partition coefficient (Wildman–Crippen LogP) is 4.68. The van der Waals surface area contributed by atoms with Crippen LogP contribution in [0.4, 0.5) is 0 Å². The van der Waals surface area contributed by atoms with Crippen LogP contribution in [-0.4, -0.2) is 13.4 Å². The smallest absolute Gasteiger partial charge is 0.209 e. The third-order valence-corrected chi connectivity index (χ3v) is 5.84. The van der Waals surface area contributed by atoms with E-state index < -0.39 is 9.84 Å². The summed E-state index contributed by atoms with van der Waals surface area (Å²) in [4.78, 5) is 4.28. The van der Waals surface area contributed by atoms with Crippen LogP contribution in [0.2, 0.25) is 10.0 Å². The second kappa shape index (κ2) is 5.54. The first-order valence-electron chi connectivity index (χ1n) is 6.45. The van der Waals surface area contributed by atoms with Gasteiger partial charge in [0.15, 0.2) is 0 Å². The van der Waals surface area contributed by atoms with E-state index in [4.69, 9.17) is 23.2 Å². The van der Waals surface area contributed by atoms with Crippen LogP contribution in [0, 0.1) is 6.92 Å². The van der Waals surface area contributed by atoms with E-state index in [1.165, 1.54) is 18.3 Å². The van der Waals surface area contributed by atoms with Crippen LogP contribution in [0.15, 0.2) is 58.5 Å². The summed E-state index contributed by atoms with van der Waals surface area (Å²) in [7, 11) is -3.78. The average Bonchev–Trinajstić information content (AvgIpc) is 2.48. The Morgan fingerprint density at radius 3 is 2.55 bits per heavy atom. The largest absolute Gasteiger partial charge is 0.255 e. The molecule has 0 amide bonds. The van der Waals surface area contributed by atoms with Crippen LogP contribution in [-0.2, 0) is 9.84 Å². The van der Waals surface area contributed by atoms with Crippen LogP contribution in [0.1, 0.15) is 5.56 Å². The molecule has 0 atom stereocenters. The van der Waals surface area contributed by atoms with Crippen molar-refractivity contribution in [3.63, 3.8) is 0 Å². The first-order chi connectivity index (χ1) is 10.4. The fourth-order valence-electron chi connectivity index (χ4n) is 2.20. The Kier molecular flexibility index (Phi) is 3.85. The van der Waals surface area contributed by atoms with E-state index in [0.717, 1.165) is 5.56 Å². The van der Waals surface area contributed by atoms with E-state index in [9.17, 15) is 8.42 Å². The summed E-state index contributed by atoms with van der Waals surface area (Å²) in [5, 5.41) is 1.14. The lowest BCUT2D eigenvalue weighted by Crippen LogP contribution is -2.04. The minimum absolute atomic E-state index is 0.0190. The number of hydrogen-bond acceptors (Lipinski definition) is 3. The molecule has 2 aromatic carbocycles. The third-order valence-electron chi connectivity index (χ3n) is 3.32. The van der Waals surface area contributed by atoms with Gasteiger partial charge in [0.25, 0.3) is 0 Å². The van der Waals surface area contributed by atoms with Gasteiger partial charge in [-0.3, -0.25) is 4.98 Å². The lowest BCUT2D eigenvalue weighted by Gasteiger charge is -2.09. The number of aryl methyl sites for hydroxylation is 1. The van der Waals surface area contributed by atoms with Crippen molar-refractivity contribution in [2.24, 2.45) is 0 Å². The van der Waals surface area contributed by atoms with Crippen molar-refractivity contribution < 1.29 is 8.42 Å². The zero-order valence-electron chi connectivity index (χ0n) is 11.5. The van der Waals surface area contributed by atoms with Gasteiger partial charge >= 0.3 is 0 Å². The third kappa shape index (κ3) is 2.58. The second-order valence-corrected chi connectivity index (χ2v) is 7.65. The highest BCUT2D eigenvalue weighted by Gasteiger charge is 2.23. The van der Waals surface area contributed by atoms with Crippen molar-refractivity contribution in [1.29, 1.82) is 0 Å². The second-order valence-electron chi connectivity index (χ2n) is 4.92. The summed E-state index contributed by atoms with van der Waals surface area (Å²) in [6, 6.07) is 11.6. The van der Waals surface area contributed by atoms with Crippen molar-refractivity contribution >= 4 is 43.9 Å². The van der Waals surface area contributed by atoms with E-state index in [0.29, 0.717) is 15.9 Å². The zero-order chi connectivity index (χ0) is 15.9. The molecule has 0 bridgehead atoms. The number of fused-ring (bicyclic) bond motifs is 1. The normalized spacial score (nSPS) is 11.8. The molecule has 0 radical (unpaired) electrons. The highest BCUT2D eigenvalue weighted by molar-refractivity contribution is 7.91. The molecule has 0 N–H and O–H groups in total. The Bertz CT molecular complexity index is 985. The maximum Gasteiger partial charge on any atom is 0.209 e. The maximum atomic E-state index is 12.8. The Balaban J connectivity index is 2.28. The Hall–Kier alpha value is -1.62. The van der Waals surface area contributed by atoms with E-state index in [1.54, 1.807) is 12.1 Å². The Morgan fingerprint density at radius 1 is 1.05 bits per heavy atom. The summed E-state index contributed by atoms with van der Waals surface area (Å²) in [6.45, 7) is 1.91. The summed E-state index contributed by atoms with van der Waals surface area (Å²) >= 11 is 12.2. The van der Waals surface area contributed by atoms with Gasteiger partial charge in [0.2, 0.25) is 9.84 Å². The standard InChI is InChI=1S/C16H11Cl2NO2S/c1-10-5-6-14-13(7-10)16(18)15(9-19-14)22(20,21)12-4-2-3-11(17)8-12/h2-9H,1H3. The fraction of sp³-hybridized carbons (Fsp3) is 0.0625. The van der Waals surface area contributed by atoms with Gasteiger partial charge in [-0.1, -0.05) is 40.9 Å². The number of pyridine rings is 1. The SMILES string of the molecule is Cc1ccc2ncc(S(=O)(=O)c3cccc(Cl)c3)c(Cl)c2c1. The van der Waals surface area contributed by atoms with E-state index in [2.05, 4.69) is 4.98 Å². The van der Waals surface area contributed by atoms with E-state index in [1.807, 2.05) is 25.1 Å². The summed E-state index contributed by atoms with van der Waals surface area (Å²) in [6.07, 6.45) is 1.29. The summed E-state index contributed by atoms with van der Waals surface area (Å²) < 4.78 is 25.5. The molecule has 112 valence electrons. The summed E-state index contributed by atoms with van der Waals surface area (Å²) in [5.41, 5.74) is 1.63. The minimum atomic E-state index is -3.78. The van der Waals surface area contributed by atoms with Gasteiger partial charge in [0, 0.05) is 16.6 Å². The van der Waals surface area contributed by atoms with Crippen molar-refractivity contribution in [2.45, 2.75) is 16.7 Å². The molecule has 0 aliphatic heterocycles. The minimum Gasteiger partial charge on any atom is -0.255 e. The first-order valence-corrected chi connectivity index (χ1v) is 8.69. The molecule has 0 aliphatic carbocycles. The van der Waals surface area contributed by atoms with Crippen molar-refractivity contribution in [3.05, 3.63) is 64.3 Å². The molecular formula is C16H11Cl2NO2S. The highest BCUT2D eigenvalue weighted by atomic mass is 35.5. The quantitative estimate of drug-likeness (QED) is 0.673. The number of nitrogens with zero attached hydrogens (tertiary/aromatic N) is 1. The van der Waals surface area contributed by atoms with Crippen molar-refractivity contribution in [1.82, 2.24) is 4.98 Å². The molecular weight excluding hydrogens is 341 g/mol. The molecule has 0 unspecified atom stereocenters. The van der Waals surface area contributed by atoms with Crippen LogP contribution in [0.25, 0.3) is 10.9 Å². The Morgan fingerprint density at radius 2 is 1.82 bits per heavy atom. The van der Waals surface area contributed by atoms with Crippen LogP contribution in [0.3, 0.4) is 0 Å². The van der Waals surface area contributed by atoms with Crippen LogP contribution >= 0.6 is 23.2 Å². The molecule has 0 spiro atoms. The number of halogens is 2. The molecule has 0 fully saturated rings. The van der Waals surface area contributed by atoms with Gasteiger partial charge in [0.05, 0.1) is 15.4 Å². The number of aromatic nitrogens is 1. The van der Waals surface area contributed by atoms with Gasteiger partial charge in [-0.05, 0) is 37.3 Å². The van der Waals surface area contributed by atoms with Crippen LogP contribution in [0.5, 0.6) is 0 Å². The van der Waals surface area contributed by atoms with Gasteiger partial charge in [-0.2, -0.15) is 0 Å². The fourth-order valence-corrected chi connectivity index (χ4v) is 4.30. The van der Waals surface area contributed by atoms with Gasteiger partial charge in [0.1, 0.15) is 4.90 Å². The molecule has 1 aromatic heterocycles. The lowest BCUT2D eigenvalue weighted by atomic mass is 10.1. The maximum absolute atomic E-state index is 12.8. The monoisotopic (exact) mass is 351 g/mol. The molecule has 3 aromatic rings. The number of hydrogen-bond donors (Lipinski definition) is 0. The van der Waals surface area contributed by atoms with Crippen LogP contribution < -0.4 is 0 Å². The number of rotatable bonds is 2. The van der Waals surface area contributed by atoms with Gasteiger partial charge in [-0.25, -0.2) is 8.42 Å². The molecule has 22 heavy (non-hydrogen) atoms.